The molecule has 0 aromatic carbocycles. The summed E-state index contributed by atoms with van der Waals surface area (Å²) in [6, 6.07) is 0.703. The zero-order valence-electron chi connectivity index (χ0n) is 11.4. The molecule has 0 aliphatic carbocycles. The van der Waals surface area contributed by atoms with E-state index in [-0.39, 0.29) is 0 Å². The maximum atomic E-state index is 5.72. The smallest absolute Gasteiger partial charge is 0.0613 e. The summed E-state index contributed by atoms with van der Waals surface area (Å²) in [6.45, 7) is 9.03. The number of piperidine rings is 1. The van der Waals surface area contributed by atoms with Crippen LogP contribution in [0.3, 0.4) is 0 Å². The van der Waals surface area contributed by atoms with Crippen molar-refractivity contribution < 1.29 is 4.74 Å². The van der Waals surface area contributed by atoms with Crippen molar-refractivity contribution in [3.05, 3.63) is 0 Å². The summed E-state index contributed by atoms with van der Waals surface area (Å²) in [4.78, 5) is 0. The maximum Gasteiger partial charge on any atom is 0.0613 e. The molecule has 0 amide bonds. The first-order chi connectivity index (χ1) is 8.29. The minimum absolute atomic E-state index is 0.509. The van der Waals surface area contributed by atoms with Crippen LogP contribution in [0.1, 0.15) is 39.5 Å². The van der Waals surface area contributed by atoms with Gasteiger partial charge in [0.05, 0.1) is 6.10 Å². The van der Waals surface area contributed by atoms with Gasteiger partial charge in [0.2, 0.25) is 0 Å². The van der Waals surface area contributed by atoms with Gasteiger partial charge in [0.25, 0.3) is 0 Å². The minimum atomic E-state index is 0.509. The van der Waals surface area contributed by atoms with Gasteiger partial charge in [0.15, 0.2) is 0 Å². The fourth-order valence-corrected chi connectivity index (χ4v) is 3.27. The van der Waals surface area contributed by atoms with E-state index in [2.05, 4.69) is 24.5 Å². The Bertz CT molecular complexity index is 222. The first kappa shape index (κ1) is 13.3. The number of nitrogens with one attached hydrogen (secondary N) is 2. The second-order valence-electron chi connectivity index (χ2n) is 5.77. The molecular formula is C14H28N2O. The lowest BCUT2D eigenvalue weighted by molar-refractivity contribution is 0.0869. The molecule has 0 saturated carbocycles. The topological polar surface area (TPSA) is 33.3 Å². The van der Waals surface area contributed by atoms with E-state index in [1.54, 1.807) is 0 Å². The molecule has 3 nitrogen and oxygen atoms in total. The molecule has 2 N–H and O–H groups in total. The third-order valence-electron chi connectivity index (χ3n) is 4.32. The second-order valence-corrected chi connectivity index (χ2v) is 5.77. The van der Waals surface area contributed by atoms with Crippen LogP contribution in [-0.4, -0.2) is 38.4 Å². The Morgan fingerprint density at radius 2 is 2.18 bits per heavy atom. The molecule has 0 aromatic rings. The molecule has 17 heavy (non-hydrogen) atoms. The number of ether oxygens (including phenoxy) is 1. The number of hydrogen-bond donors (Lipinski definition) is 2. The van der Waals surface area contributed by atoms with Crippen molar-refractivity contribution in [2.24, 2.45) is 11.8 Å². The SMILES string of the molecule is CCC1OCCC1CNCC1CCNC(C)C1. The molecule has 0 aromatic heterocycles. The largest absolute Gasteiger partial charge is 0.378 e. The normalized spacial score (nSPS) is 38.5. The third kappa shape index (κ3) is 3.94. The molecule has 0 radical (unpaired) electrons. The van der Waals surface area contributed by atoms with Gasteiger partial charge in [-0.15, -0.1) is 0 Å². The first-order valence-corrected chi connectivity index (χ1v) is 7.35. The zero-order valence-corrected chi connectivity index (χ0v) is 11.4. The zero-order chi connectivity index (χ0) is 12.1. The molecule has 0 spiro atoms. The van der Waals surface area contributed by atoms with Crippen molar-refractivity contribution >= 4 is 0 Å². The molecule has 2 heterocycles. The van der Waals surface area contributed by atoms with Gasteiger partial charge in [-0.05, 0) is 57.5 Å². The van der Waals surface area contributed by atoms with Crippen LogP contribution in [0.4, 0.5) is 0 Å². The van der Waals surface area contributed by atoms with E-state index in [1.807, 2.05) is 0 Å². The summed E-state index contributed by atoms with van der Waals surface area (Å²) in [7, 11) is 0. The van der Waals surface area contributed by atoms with Crippen molar-refractivity contribution in [3.63, 3.8) is 0 Å². The van der Waals surface area contributed by atoms with Crippen molar-refractivity contribution in [3.8, 4) is 0 Å². The van der Waals surface area contributed by atoms with Crippen LogP contribution in [0.25, 0.3) is 0 Å². The molecule has 2 fully saturated rings. The van der Waals surface area contributed by atoms with Gasteiger partial charge >= 0.3 is 0 Å². The molecule has 2 rings (SSSR count). The molecule has 3 heteroatoms. The summed E-state index contributed by atoms with van der Waals surface area (Å²) in [5.74, 6) is 1.62. The highest BCUT2D eigenvalue weighted by atomic mass is 16.5. The summed E-state index contributed by atoms with van der Waals surface area (Å²) in [6.07, 6.45) is 5.57. The Balaban J connectivity index is 1.62. The Hall–Kier alpha value is -0.120. The second kappa shape index (κ2) is 6.72. The Morgan fingerprint density at radius 3 is 2.94 bits per heavy atom. The number of hydrogen-bond acceptors (Lipinski definition) is 3. The standard InChI is InChI=1S/C14H28N2O/c1-3-14-13(5-7-17-14)10-15-9-12-4-6-16-11(2)8-12/h11-16H,3-10H2,1-2H3. The molecule has 4 unspecified atom stereocenters. The van der Waals surface area contributed by atoms with Crippen molar-refractivity contribution in [1.29, 1.82) is 0 Å². The Morgan fingerprint density at radius 1 is 1.29 bits per heavy atom. The fraction of sp³-hybridized carbons (Fsp3) is 1.00. The van der Waals surface area contributed by atoms with E-state index in [1.165, 1.54) is 32.4 Å². The average molecular weight is 240 g/mol. The van der Waals surface area contributed by atoms with E-state index in [0.29, 0.717) is 12.1 Å². The quantitative estimate of drug-likeness (QED) is 0.768. The highest BCUT2D eigenvalue weighted by Crippen LogP contribution is 2.23. The molecule has 2 aliphatic heterocycles. The van der Waals surface area contributed by atoms with Gasteiger partial charge in [-0.1, -0.05) is 6.92 Å². The third-order valence-corrected chi connectivity index (χ3v) is 4.32. The lowest BCUT2D eigenvalue weighted by atomic mass is 9.93. The van der Waals surface area contributed by atoms with Gasteiger partial charge in [-0.3, -0.25) is 0 Å². The molecule has 2 saturated heterocycles. The predicted octanol–water partition coefficient (Wildman–Crippen LogP) is 1.78. The summed E-state index contributed by atoms with van der Waals surface area (Å²) >= 11 is 0. The van der Waals surface area contributed by atoms with E-state index < -0.39 is 0 Å². The lowest BCUT2D eigenvalue weighted by Crippen LogP contribution is -2.40. The summed E-state index contributed by atoms with van der Waals surface area (Å²) in [5, 5.41) is 7.19. The minimum Gasteiger partial charge on any atom is -0.378 e. The Labute approximate surface area is 106 Å². The fourth-order valence-electron chi connectivity index (χ4n) is 3.27. The van der Waals surface area contributed by atoms with Crippen LogP contribution in [0, 0.1) is 11.8 Å². The molecular weight excluding hydrogens is 212 g/mol. The lowest BCUT2D eigenvalue weighted by Gasteiger charge is -2.28. The van der Waals surface area contributed by atoms with Gasteiger partial charge in [0.1, 0.15) is 0 Å². The summed E-state index contributed by atoms with van der Waals surface area (Å²) in [5.41, 5.74) is 0. The Kier molecular flexibility index (Phi) is 5.26. The predicted molar refractivity (Wildman–Crippen MR) is 71.2 cm³/mol. The molecule has 100 valence electrons. The molecule has 0 bridgehead atoms. The van der Waals surface area contributed by atoms with Crippen molar-refractivity contribution in [2.45, 2.75) is 51.7 Å². The van der Waals surface area contributed by atoms with Gasteiger partial charge in [-0.25, -0.2) is 0 Å². The summed E-state index contributed by atoms with van der Waals surface area (Å²) < 4.78 is 5.72. The van der Waals surface area contributed by atoms with Crippen LogP contribution in [0.5, 0.6) is 0 Å². The van der Waals surface area contributed by atoms with E-state index in [0.717, 1.165) is 31.4 Å². The van der Waals surface area contributed by atoms with Gasteiger partial charge in [-0.2, -0.15) is 0 Å². The van der Waals surface area contributed by atoms with E-state index >= 15 is 0 Å². The van der Waals surface area contributed by atoms with Crippen molar-refractivity contribution in [2.75, 3.05) is 26.2 Å². The van der Waals surface area contributed by atoms with E-state index in [4.69, 9.17) is 4.74 Å². The van der Waals surface area contributed by atoms with Crippen LogP contribution >= 0.6 is 0 Å². The van der Waals surface area contributed by atoms with Crippen LogP contribution in [-0.2, 0) is 4.74 Å². The highest BCUT2D eigenvalue weighted by molar-refractivity contribution is 4.80. The first-order valence-electron chi connectivity index (χ1n) is 7.35. The van der Waals surface area contributed by atoms with Gasteiger partial charge < -0.3 is 15.4 Å². The monoisotopic (exact) mass is 240 g/mol. The number of rotatable bonds is 5. The van der Waals surface area contributed by atoms with Gasteiger partial charge in [0, 0.05) is 19.2 Å². The van der Waals surface area contributed by atoms with Crippen LogP contribution in [0.2, 0.25) is 0 Å². The molecule has 4 atom stereocenters. The van der Waals surface area contributed by atoms with E-state index in [9.17, 15) is 0 Å². The maximum absolute atomic E-state index is 5.72. The average Bonchev–Trinajstić information content (AvgIpc) is 2.77. The van der Waals surface area contributed by atoms with Crippen LogP contribution < -0.4 is 10.6 Å². The van der Waals surface area contributed by atoms with Crippen molar-refractivity contribution in [1.82, 2.24) is 10.6 Å². The molecule has 2 aliphatic rings. The highest BCUT2D eigenvalue weighted by Gasteiger charge is 2.26. The van der Waals surface area contributed by atoms with Crippen LogP contribution in [0.15, 0.2) is 0 Å².